The predicted octanol–water partition coefficient (Wildman–Crippen LogP) is 3.62. The molecule has 0 saturated carbocycles. The highest BCUT2D eigenvalue weighted by molar-refractivity contribution is 6.32. The fraction of sp³-hybridized carbons (Fsp3) is 0.0500. The van der Waals surface area contributed by atoms with Crippen LogP contribution in [0, 0.1) is 17.1 Å². The van der Waals surface area contributed by atoms with E-state index in [0.717, 1.165) is 6.07 Å². The molecule has 1 aliphatic heterocycles. The molecule has 132 valence electrons. The van der Waals surface area contributed by atoms with Crippen LogP contribution >= 0.6 is 11.6 Å². The maximum atomic E-state index is 14.6. The Morgan fingerprint density at radius 2 is 1.74 bits per heavy atom. The minimum atomic E-state index is -1.24. The van der Waals surface area contributed by atoms with Gasteiger partial charge in [0, 0.05) is 21.7 Å². The summed E-state index contributed by atoms with van der Waals surface area (Å²) < 4.78 is 20.0. The summed E-state index contributed by atoms with van der Waals surface area (Å²) in [5, 5.41) is 9.57. The van der Waals surface area contributed by atoms with Gasteiger partial charge in [0.2, 0.25) is 11.7 Å². The number of carbonyl (C=O) groups excluding carboxylic acids is 2. The van der Waals surface area contributed by atoms with Crippen LogP contribution < -0.4 is 5.73 Å². The first-order valence-corrected chi connectivity index (χ1v) is 8.27. The molecule has 2 aromatic carbocycles. The lowest BCUT2D eigenvalue weighted by Crippen LogP contribution is -2.32. The topological polar surface area (TPSA) is 93.2 Å². The first kappa shape index (κ1) is 17.0. The molecular formula is C20H10ClFN2O3. The van der Waals surface area contributed by atoms with Crippen molar-refractivity contribution in [2.45, 2.75) is 5.92 Å². The van der Waals surface area contributed by atoms with Gasteiger partial charge in [0.25, 0.3) is 0 Å². The van der Waals surface area contributed by atoms with Gasteiger partial charge in [-0.25, -0.2) is 4.39 Å². The molecule has 1 aliphatic carbocycles. The first-order chi connectivity index (χ1) is 13.0. The third-order valence-corrected chi connectivity index (χ3v) is 4.91. The third-order valence-electron chi connectivity index (χ3n) is 4.58. The van der Waals surface area contributed by atoms with Gasteiger partial charge in [-0.05, 0) is 12.1 Å². The van der Waals surface area contributed by atoms with Crippen LogP contribution in [0.3, 0.4) is 0 Å². The van der Waals surface area contributed by atoms with Crippen LogP contribution in [0.2, 0.25) is 5.02 Å². The Kier molecular flexibility index (Phi) is 3.83. The Morgan fingerprint density at radius 1 is 1.07 bits per heavy atom. The second kappa shape index (κ2) is 6.08. The van der Waals surface area contributed by atoms with Crippen LogP contribution in [-0.4, -0.2) is 11.6 Å². The van der Waals surface area contributed by atoms with Crippen molar-refractivity contribution in [1.82, 2.24) is 0 Å². The third kappa shape index (κ3) is 2.36. The van der Waals surface area contributed by atoms with Gasteiger partial charge in [0.15, 0.2) is 11.5 Å². The second-order valence-electron chi connectivity index (χ2n) is 6.01. The van der Waals surface area contributed by atoms with Crippen molar-refractivity contribution in [3.05, 3.63) is 92.8 Å². The van der Waals surface area contributed by atoms with Gasteiger partial charge in [0.05, 0.1) is 11.5 Å². The summed E-state index contributed by atoms with van der Waals surface area (Å²) in [5.41, 5.74) is 5.71. The molecule has 0 amide bonds. The lowest BCUT2D eigenvalue weighted by atomic mass is 9.75. The number of halogens is 2. The zero-order valence-electron chi connectivity index (χ0n) is 13.6. The fourth-order valence-electron chi connectivity index (χ4n) is 3.38. The molecule has 4 rings (SSSR count). The molecule has 0 unspecified atom stereocenters. The largest absolute Gasteiger partial charge is 0.436 e. The summed E-state index contributed by atoms with van der Waals surface area (Å²) in [4.78, 5) is 26.0. The van der Waals surface area contributed by atoms with E-state index in [1.165, 1.54) is 24.3 Å². The molecule has 1 heterocycles. The average Bonchev–Trinajstić information content (AvgIpc) is 2.65. The number of Topliss-reactive ketones (excluding diaryl/α,β-unsaturated/α-hetero) is 2. The number of nitrogens with zero attached hydrogens (tertiary/aromatic N) is 1. The normalized spacial score (nSPS) is 18.6. The number of allylic oxidation sites excluding steroid dienone is 3. The maximum Gasteiger partial charge on any atom is 0.229 e. The Hall–Kier alpha value is -3.43. The maximum absolute atomic E-state index is 14.6. The highest BCUT2D eigenvalue weighted by Crippen LogP contribution is 2.46. The number of nitrogens with two attached hydrogens (primary N) is 1. The van der Waals surface area contributed by atoms with Crippen LogP contribution in [0.25, 0.3) is 0 Å². The summed E-state index contributed by atoms with van der Waals surface area (Å²) in [6.07, 6.45) is 0. The van der Waals surface area contributed by atoms with Gasteiger partial charge >= 0.3 is 0 Å². The zero-order valence-corrected chi connectivity index (χ0v) is 14.4. The molecule has 5 nitrogen and oxygen atoms in total. The molecule has 2 N–H and O–H groups in total. The van der Waals surface area contributed by atoms with Crippen LogP contribution in [0.4, 0.5) is 4.39 Å². The van der Waals surface area contributed by atoms with Crippen molar-refractivity contribution in [3.8, 4) is 6.07 Å². The predicted molar refractivity (Wildman–Crippen MR) is 94.2 cm³/mol. The van der Waals surface area contributed by atoms with Crippen LogP contribution in [-0.2, 0) is 4.74 Å². The van der Waals surface area contributed by atoms with Crippen molar-refractivity contribution >= 4 is 23.2 Å². The minimum Gasteiger partial charge on any atom is -0.436 e. The molecule has 2 aliphatic rings. The van der Waals surface area contributed by atoms with Crippen LogP contribution in [0.15, 0.2) is 65.3 Å². The van der Waals surface area contributed by atoms with E-state index in [1.54, 1.807) is 12.1 Å². The monoisotopic (exact) mass is 380 g/mol. The molecule has 0 bridgehead atoms. The fourth-order valence-corrected chi connectivity index (χ4v) is 3.65. The van der Waals surface area contributed by atoms with E-state index in [0.29, 0.717) is 0 Å². The molecule has 0 aromatic heterocycles. The minimum absolute atomic E-state index is 0.00778. The van der Waals surface area contributed by atoms with Gasteiger partial charge in [-0.15, -0.1) is 0 Å². The Balaban J connectivity index is 2.04. The van der Waals surface area contributed by atoms with Crippen LogP contribution in [0.5, 0.6) is 0 Å². The molecule has 27 heavy (non-hydrogen) atoms. The SMILES string of the molecule is N#CC1=C(N)OC2=C(C(=O)c3ccccc3C2=O)[C@@H]1c1c(F)cccc1Cl. The van der Waals surface area contributed by atoms with E-state index < -0.39 is 23.3 Å². The Morgan fingerprint density at radius 3 is 2.37 bits per heavy atom. The number of nitriles is 1. The molecular weight excluding hydrogens is 371 g/mol. The number of hydrogen-bond donors (Lipinski definition) is 1. The molecule has 0 saturated heterocycles. The quantitative estimate of drug-likeness (QED) is 0.815. The van der Waals surface area contributed by atoms with E-state index in [1.807, 2.05) is 6.07 Å². The van der Waals surface area contributed by atoms with Crippen molar-refractivity contribution in [1.29, 1.82) is 5.26 Å². The van der Waals surface area contributed by atoms with Gasteiger partial charge in [-0.1, -0.05) is 41.9 Å². The number of ketones is 2. The highest BCUT2D eigenvalue weighted by atomic mass is 35.5. The second-order valence-corrected chi connectivity index (χ2v) is 6.41. The number of benzene rings is 2. The smallest absolute Gasteiger partial charge is 0.229 e. The first-order valence-electron chi connectivity index (χ1n) is 7.89. The highest BCUT2D eigenvalue weighted by Gasteiger charge is 2.45. The van der Waals surface area contributed by atoms with Crippen molar-refractivity contribution < 1.29 is 18.7 Å². The van der Waals surface area contributed by atoms with E-state index in [4.69, 9.17) is 22.1 Å². The molecule has 7 heteroatoms. The van der Waals surface area contributed by atoms with Gasteiger partial charge in [0.1, 0.15) is 17.5 Å². The van der Waals surface area contributed by atoms with E-state index >= 15 is 0 Å². The number of carbonyl (C=O) groups is 2. The standard InChI is InChI=1S/C20H10ClFN2O3/c21-12-6-3-7-13(22)15(12)14-11(8-23)20(24)27-19-16(14)17(25)9-4-1-2-5-10(9)18(19)26/h1-7,14H,24H2/t14-/m0/s1. The van der Waals surface area contributed by atoms with Crippen molar-refractivity contribution in [2.24, 2.45) is 5.73 Å². The molecule has 2 aromatic rings. The lowest BCUT2D eigenvalue weighted by Gasteiger charge is -2.31. The number of hydrogen-bond acceptors (Lipinski definition) is 5. The number of fused-ring (bicyclic) bond motifs is 1. The summed E-state index contributed by atoms with van der Waals surface area (Å²) in [5.74, 6) is -3.72. The van der Waals surface area contributed by atoms with Crippen LogP contribution in [0.1, 0.15) is 32.2 Å². The number of rotatable bonds is 1. The van der Waals surface area contributed by atoms with Gasteiger partial charge < -0.3 is 10.5 Å². The molecule has 0 fully saturated rings. The van der Waals surface area contributed by atoms with E-state index in [2.05, 4.69) is 0 Å². The summed E-state index contributed by atoms with van der Waals surface area (Å²) in [7, 11) is 0. The Labute approximate surface area is 158 Å². The lowest BCUT2D eigenvalue weighted by molar-refractivity contribution is 0.0897. The average molecular weight is 381 g/mol. The van der Waals surface area contributed by atoms with Crippen molar-refractivity contribution in [2.75, 3.05) is 0 Å². The molecule has 0 spiro atoms. The van der Waals surface area contributed by atoms with E-state index in [-0.39, 0.29) is 44.5 Å². The zero-order chi connectivity index (χ0) is 19.3. The van der Waals surface area contributed by atoms with Gasteiger partial charge in [-0.2, -0.15) is 5.26 Å². The van der Waals surface area contributed by atoms with Crippen molar-refractivity contribution in [3.63, 3.8) is 0 Å². The summed E-state index contributed by atoms with van der Waals surface area (Å²) in [6, 6.07) is 12.1. The molecule has 1 atom stereocenters. The summed E-state index contributed by atoms with van der Waals surface area (Å²) in [6.45, 7) is 0. The van der Waals surface area contributed by atoms with Gasteiger partial charge in [-0.3, -0.25) is 9.59 Å². The Bertz CT molecular complexity index is 1120. The molecule has 0 radical (unpaired) electrons. The van der Waals surface area contributed by atoms with E-state index in [9.17, 15) is 19.2 Å². The summed E-state index contributed by atoms with van der Waals surface area (Å²) >= 11 is 6.18. The number of ether oxygens (including phenoxy) is 1.